The molecule has 2 N–H and O–H groups in total. The van der Waals surface area contributed by atoms with Gasteiger partial charge in [0.05, 0.1) is 22.4 Å². The van der Waals surface area contributed by atoms with Crippen molar-refractivity contribution >= 4 is 0 Å². The van der Waals surface area contributed by atoms with Crippen molar-refractivity contribution in [2.24, 2.45) is 5.73 Å². The van der Waals surface area contributed by atoms with Gasteiger partial charge >= 0.3 is 0 Å². The van der Waals surface area contributed by atoms with Crippen LogP contribution >= 0.6 is 0 Å². The molecule has 0 aromatic carbocycles. The van der Waals surface area contributed by atoms with Crippen molar-refractivity contribution in [1.29, 1.82) is 0 Å². The number of ether oxygens (including phenoxy) is 1. The number of hydrogen-bond donors (Lipinski definition) is 1. The molecule has 5 rings (SSSR count). The van der Waals surface area contributed by atoms with Crippen molar-refractivity contribution in [2.75, 3.05) is 13.2 Å². The van der Waals surface area contributed by atoms with Gasteiger partial charge in [-0.25, -0.2) is 0 Å². The van der Waals surface area contributed by atoms with Crippen LogP contribution in [0, 0.1) is 0 Å². The molecule has 0 bridgehead atoms. The first-order valence-corrected chi connectivity index (χ1v) is 11.5. The number of rotatable bonds is 4. The van der Waals surface area contributed by atoms with E-state index in [1.165, 1.54) is 55.5 Å². The summed E-state index contributed by atoms with van der Waals surface area (Å²) in [5.74, 6) is 0.504. The predicted octanol–water partition coefficient (Wildman–Crippen LogP) is 4.65. The van der Waals surface area contributed by atoms with Gasteiger partial charge in [0.1, 0.15) is 0 Å². The van der Waals surface area contributed by atoms with Crippen LogP contribution in [0.5, 0.6) is 0 Å². The van der Waals surface area contributed by atoms with Crippen molar-refractivity contribution in [3.05, 3.63) is 59.2 Å². The molecule has 1 aliphatic heterocycles. The summed E-state index contributed by atoms with van der Waals surface area (Å²) in [5.41, 5.74) is 10.9. The van der Waals surface area contributed by atoms with E-state index in [9.17, 15) is 0 Å². The van der Waals surface area contributed by atoms with Crippen LogP contribution in [0.3, 0.4) is 0 Å². The quantitative estimate of drug-likeness (QED) is 0.824. The van der Waals surface area contributed by atoms with Crippen molar-refractivity contribution < 1.29 is 4.74 Å². The highest BCUT2D eigenvalue weighted by molar-refractivity contribution is 5.38. The van der Waals surface area contributed by atoms with Crippen LogP contribution < -0.4 is 5.73 Å². The van der Waals surface area contributed by atoms with Gasteiger partial charge in [0, 0.05) is 24.4 Å². The van der Waals surface area contributed by atoms with Crippen molar-refractivity contribution in [3.63, 3.8) is 0 Å². The second-order valence-corrected chi connectivity index (χ2v) is 9.37. The number of nitrogens with two attached hydrogens (primary N) is 1. The highest BCUT2D eigenvalue weighted by Crippen LogP contribution is 2.51. The summed E-state index contributed by atoms with van der Waals surface area (Å²) in [6, 6.07) is 11.0. The third kappa shape index (κ3) is 3.40. The lowest BCUT2D eigenvalue weighted by Crippen LogP contribution is -2.47. The molecular formula is C25H33N3O. The van der Waals surface area contributed by atoms with E-state index in [4.69, 9.17) is 20.4 Å². The molecule has 1 saturated carbocycles. The average Bonchev–Trinajstić information content (AvgIpc) is 3.21. The molecule has 1 spiro atoms. The normalized spacial score (nSPS) is 28.4. The lowest BCUT2D eigenvalue weighted by atomic mass is 9.67. The van der Waals surface area contributed by atoms with Crippen LogP contribution in [0.4, 0.5) is 0 Å². The Labute approximate surface area is 174 Å². The van der Waals surface area contributed by atoms with Gasteiger partial charge in [0.15, 0.2) is 0 Å². The van der Waals surface area contributed by atoms with Crippen LogP contribution in [-0.4, -0.2) is 28.7 Å². The van der Waals surface area contributed by atoms with E-state index in [0.717, 1.165) is 44.5 Å². The smallest absolute Gasteiger partial charge is 0.0695 e. The molecule has 154 valence electrons. The van der Waals surface area contributed by atoms with Crippen LogP contribution in [0.25, 0.3) is 0 Å². The van der Waals surface area contributed by atoms with Crippen molar-refractivity contribution in [2.45, 2.75) is 81.1 Å². The molecule has 2 aromatic rings. The predicted molar refractivity (Wildman–Crippen MR) is 115 cm³/mol. The Morgan fingerprint density at radius 3 is 2.72 bits per heavy atom. The minimum Gasteiger partial charge on any atom is -0.375 e. The zero-order valence-electron chi connectivity index (χ0n) is 17.4. The Morgan fingerprint density at radius 2 is 1.93 bits per heavy atom. The van der Waals surface area contributed by atoms with E-state index in [-0.39, 0.29) is 11.0 Å². The van der Waals surface area contributed by atoms with E-state index in [0.29, 0.717) is 5.92 Å². The fourth-order valence-electron chi connectivity index (χ4n) is 6.18. The van der Waals surface area contributed by atoms with E-state index < -0.39 is 0 Å². The fraction of sp³-hybridized carbons (Fsp3) is 0.600. The minimum atomic E-state index is -0.149. The molecule has 2 atom stereocenters. The average molecular weight is 392 g/mol. The molecule has 2 aliphatic carbocycles. The van der Waals surface area contributed by atoms with Gasteiger partial charge in [-0.05, 0) is 81.7 Å². The third-order valence-corrected chi connectivity index (χ3v) is 7.63. The molecule has 3 aliphatic rings. The first kappa shape index (κ1) is 19.2. The van der Waals surface area contributed by atoms with Gasteiger partial charge in [-0.3, -0.25) is 9.97 Å². The minimum absolute atomic E-state index is 0.00398. The van der Waals surface area contributed by atoms with Crippen LogP contribution in [0.15, 0.2) is 36.5 Å². The van der Waals surface area contributed by atoms with E-state index >= 15 is 0 Å². The number of pyridine rings is 2. The van der Waals surface area contributed by atoms with Crippen LogP contribution in [-0.2, 0) is 16.6 Å². The van der Waals surface area contributed by atoms with Gasteiger partial charge < -0.3 is 10.5 Å². The number of aromatic nitrogens is 2. The van der Waals surface area contributed by atoms with E-state index in [1.807, 2.05) is 12.3 Å². The van der Waals surface area contributed by atoms with Crippen LogP contribution in [0.1, 0.15) is 86.4 Å². The third-order valence-electron chi connectivity index (χ3n) is 7.63. The standard InChI is InChI=1S/C25H33N3O/c26-15-11-20-7-5-6-19-9-10-22(28-23(19)20)25(21-8-1-4-16-27-21)14-17-29-24(18-25)12-2-3-13-24/h1,4,8-10,16,20H,2-3,5-7,11-15,17-18,26H2. The molecule has 3 heterocycles. The van der Waals surface area contributed by atoms with Gasteiger partial charge in [-0.1, -0.05) is 25.0 Å². The summed E-state index contributed by atoms with van der Waals surface area (Å²) in [7, 11) is 0. The maximum atomic E-state index is 6.42. The number of nitrogens with zero attached hydrogens (tertiary/aromatic N) is 2. The molecular weight excluding hydrogens is 358 g/mol. The maximum Gasteiger partial charge on any atom is 0.0695 e. The Hall–Kier alpha value is -1.78. The van der Waals surface area contributed by atoms with Crippen molar-refractivity contribution in [1.82, 2.24) is 9.97 Å². The Balaban J connectivity index is 1.62. The SMILES string of the molecule is NCCC1CCCc2ccc(C3(c4ccccn4)CCOC4(CCCC4)C3)nc21. The highest BCUT2D eigenvalue weighted by Gasteiger charge is 2.50. The molecule has 2 aromatic heterocycles. The molecule has 0 amide bonds. The molecule has 29 heavy (non-hydrogen) atoms. The second-order valence-electron chi connectivity index (χ2n) is 9.37. The molecule has 2 fully saturated rings. The summed E-state index contributed by atoms with van der Waals surface area (Å²) < 4.78 is 6.42. The molecule has 2 unspecified atom stereocenters. The van der Waals surface area contributed by atoms with Gasteiger partial charge in [0.2, 0.25) is 0 Å². The molecule has 0 radical (unpaired) electrons. The lowest BCUT2D eigenvalue weighted by molar-refractivity contribution is -0.0959. The second kappa shape index (κ2) is 7.81. The first-order valence-electron chi connectivity index (χ1n) is 11.5. The summed E-state index contributed by atoms with van der Waals surface area (Å²) >= 11 is 0. The molecule has 4 nitrogen and oxygen atoms in total. The zero-order valence-corrected chi connectivity index (χ0v) is 17.4. The number of aryl methyl sites for hydroxylation is 1. The van der Waals surface area contributed by atoms with Crippen LogP contribution in [0.2, 0.25) is 0 Å². The first-order chi connectivity index (χ1) is 14.2. The highest BCUT2D eigenvalue weighted by atomic mass is 16.5. The van der Waals surface area contributed by atoms with Crippen molar-refractivity contribution in [3.8, 4) is 0 Å². The Morgan fingerprint density at radius 1 is 1.03 bits per heavy atom. The zero-order chi connectivity index (χ0) is 19.7. The Bertz CT molecular complexity index is 846. The Kier molecular flexibility index (Phi) is 5.17. The van der Waals surface area contributed by atoms with Gasteiger partial charge in [0.25, 0.3) is 0 Å². The molecule has 1 saturated heterocycles. The summed E-state index contributed by atoms with van der Waals surface area (Å²) in [6.45, 7) is 1.53. The lowest BCUT2D eigenvalue weighted by Gasteiger charge is -2.46. The summed E-state index contributed by atoms with van der Waals surface area (Å²) in [6.07, 6.45) is 13.4. The molecule has 4 heteroatoms. The largest absolute Gasteiger partial charge is 0.375 e. The van der Waals surface area contributed by atoms with E-state index in [2.05, 4.69) is 24.3 Å². The number of fused-ring (bicyclic) bond motifs is 1. The summed E-state index contributed by atoms with van der Waals surface area (Å²) in [5, 5.41) is 0. The van der Waals surface area contributed by atoms with Gasteiger partial charge in [-0.2, -0.15) is 0 Å². The summed E-state index contributed by atoms with van der Waals surface area (Å²) in [4.78, 5) is 10.2. The van der Waals surface area contributed by atoms with E-state index in [1.54, 1.807) is 0 Å². The number of hydrogen-bond acceptors (Lipinski definition) is 4. The van der Waals surface area contributed by atoms with Gasteiger partial charge in [-0.15, -0.1) is 0 Å². The topological polar surface area (TPSA) is 61.0 Å². The maximum absolute atomic E-state index is 6.42. The monoisotopic (exact) mass is 391 g/mol. The fourth-order valence-corrected chi connectivity index (χ4v) is 6.18.